The maximum atomic E-state index is 11.8. The molecule has 0 aliphatic carbocycles. The second-order valence-electron chi connectivity index (χ2n) is 4.22. The van der Waals surface area contributed by atoms with Gasteiger partial charge in [-0.3, -0.25) is 4.79 Å². The van der Waals surface area contributed by atoms with Crippen molar-refractivity contribution >= 4 is 11.6 Å². The van der Waals surface area contributed by atoms with Crippen molar-refractivity contribution in [2.24, 2.45) is 0 Å². The van der Waals surface area contributed by atoms with Gasteiger partial charge in [0.2, 0.25) is 0 Å². The summed E-state index contributed by atoms with van der Waals surface area (Å²) >= 11 is 0. The molecule has 1 amide bonds. The van der Waals surface area contributed by atoms with Crippen LogP contribution in [0.4, 0.5) is 5.69 Å². The predicted molar refractivity (Wildman–Crippen MR) is 76.8 cm³/mol. The minimum atomic E-state index is -0.248. The third-order valence-corrected chi connectivity index (χ3v) is 2.64. The number of benzene rings is 2. The van der Waals surface area contributed by atoms with E-state index in [0.29, 0.717) is 30.2 Å². The maximum absolute atomic E-state index is 11.8. The normalized spacial score (nSPS) is 10.0. The number of aromatic hydroxyl groups is 1. The second kappa shape index (κ2) is 6.47. The van der Waals surface area contributed by atoms with Gasteiger partial charge >= 0.3 is 0 Å². The van der Waals surface area contributed by atoms with E-state index < -0.39 is 0 Å². The van der Waals surface area contributed by atoms with Gasteiger partial charge in [-0.1, -0.05) is 6.07 Å². The van der Waals surface area contributed by atoms with Gasteiger partial charge in [-0.25, -0.2) is 0 Å². The fourth-order valence-electron chi connectivity index (χ4n) is 1.65. The molecule has 0 fully saturated rings. The zero-order valence-corrected chi connectivity index (χ0v) is 10.9. The van der Waals surface area contributed by atoms with Gasteiger partial charge in [0.15, 0.2) is 0 Å². The monoisotopic (exact) mass is 272 g/mol. The molecule has 0 spiro atoms. The first kappa shape index (κ1) is 13.7. The number of phenolic OH excluding ortho intramolecular Hbond substituents is 1. The number of ether oxygens (including phenoxy) is 1. The highest BCUT2D eigenvalue weighted by atomic mass is 16.5. The number of hydrogen-bond donors (Lipinski definition) is 3. The molecule has 0 aromatic heterocycles. The number of carbonyl (C=O) groups is 1. The molecule has 0 heterocycles. The number of anilines is 1. The summed E-state index contributed by atoms with van der Waals surface area (Å²) in [6.07, 6.45) is 0. The molecule has 5 heteroatoms. The summed E-state index contributed by atoms with van der Waals surface area (Å²) in [6, 6.07) is 13.2. The van der Waals surface area contributed by atoms with E-state index in [1.807, 2.05) is 0 Å². The number of nitrogens with one attached hydrogen (secondary N) is 1. The van der Waals surface area contributed by atoms with Crippen LogP contribution in [-0.2, 0) is 0 Å². The molecule has 0 saturated carbocycles. The van der Waals surface area contributed by atoms with Crippen LogP contribution in [0.3, 0.4) is 0 Å². The lowest BCUT2D eigenvalue weighted by Crippen LogP contribution is -2.28. The third-order valence-electron chi connectivity index (χ3n) is 2.64. The largest absolute Gasteiger partial charge is 0.508 e. The second-order valence-corrected chi connectivity index (χ2v) is 4.22. The molecule has 0 radical (unpaired) electrons. The summed E-state index contributed by atoms with van der Waals surface area (Å²) in [6.45, 7) is 0.730. The summed E-state index contributed by atoms with van der Waals surface area (Å²) in [5.74, 6) is 0.517. The van der Waals surface area contributed by atoms with Gasteiger partial charge in [0.25, 0.3) is 5.91 Å². The topological polar surface area (TPSA) is 84.6 Å². The third kappa shape index (κ3) is 3.91. The molecule has 0 unspecified atom stereocenters. The Morgan fingerprint density at radius 2 is 1.95 bits per heavy atom. The first-order valence-electron chi connectivity index (χ1n) is 6.21. The fraction of sp³-hybridized carbons (Fsp3) is 0.133. The van der Waals surface area contributed by atoms with E-state index in [1.54, 1.807) is 36.4 Å². The lowest BCUT2D eigenvalue weighted by atomic mass is 10.2. The van der Waals surface area contributed by atoms with E-state index in [-0.39, 0.29) is 11.7 Å². The number of amides is 1. The summed E-state index contributed by atoms with van der Waals surface area (Å²) in [4.78, 5) is 11.8. The van der Waals surface area contributed by atoms with Gasteiger partial charge in [-0.15, -0.1) is 0 Å². The molecule has 0 aliphatic rings. The molecule has 0 aliphatic heterocycles. The molecule has 0 atom stereocenters. The Balaban J connectivity index is 1.76. The Bertz CT molecular complexity index is 582. The van der Waals surface area contributed by atoms with Crippen molar-refractivity contribution in [3.8, 4) is 11.5 Å². The Kier molecular flexibility index (Phi) is 4.44. The van der Waals surface area contributed by atoms with E-state index in [0.717, 1.165) is 0 Å². The van der Waals surface area contributed by atoms with Crippen LogP contribution in [0.15, 0.2) is 48.5 Å². The van der Waals surface area contributed by atoms with Crippen LogP contribution in [0.1, 0.15) is 10.4 Å². The first-order chi connectivity index (χ1) is 9.65. The lowest BCUT2D eigenvalue weighted by Gasteiger charge is -2.08. The maximum Gasteiger partial charge on any atom is 0.251 e. The van der Waals surface area contributed by atoms with Crippen molar-refractivity contribution in [2.45, 2.75) is 0 Å². The highest BCUT2D eigenvalue weighted by Crippen LogP contribution is 2.13. The molecule has 2 rings (SSSR count). The average Bonchev–Trinajstić information content (AvgIpc) is 2.45. The van der Waals surface area contributed by atoms with Crippen LogP contribution in [0, 0.1) is 0 Å². The molecule has 4 N–H and O–H groups in total. The smallest absolute Gasteiger partial charge is 0.251 e. The van der Waals surface area contributed by atoms with E-state index in [9.17, 15) is 9.90 Å². The highest BCUT2D eigenvalue weighted by Gasteiger charge is 2.05. The fourth-order valence-corrected chi connectivity index (χ4v) is 1.65. The molecule has 104 valence electrons. The number of rotatable bonds is 5. The Morgan fingerprint density at radius 1 is 1.20 bits per heavy atom. The summed E-state index contributed by atoms with van der Waals surface area (Å²) in [5, 5.41) is 12.0. The molecule has 0 bridgehead atoms. The Morgan fingerprint density at radius 3 is 2.65 bits per heavy atom. The molecule has 2 aromatic rings. The van der Waals surface area contributed by atoms with Crippen LogP contribution in [0.5, 0.6) is 11.5 Å². The summed E-state index contributed by atoms with van der Waals surface area (Å²) < 4.78 is 5.45. The predicted octanol–water partition coefficient (Wildman–Crippen LogP) is 1.78. The molecule has 2 aromatic carbocycles. The quantitative estimate of drug-likeness (QED) is 0.572. The van der Waals surface area contributed by atoms with Crippen LogP contribution < -0.4 is 15.8 Å². The molecular weight excluding hydrogens is 256 g/mol. The first-order valence-corrected chi connectivity index (χ1v) is 6.21. The minimum absolute atomic E-state index is 0.0655. The van der Waals surface area contributed by atoms with Crippen molar-refractivity contribution in [3.05, 3.63) is 54.1 Å². The average molecular weight is 272 g/mol. The van der Waals surface area contributed by atoms with Crippen LogP contribution in [0.25, 0.3) is 0 Å². The van der Waals surface area contributed by atoms with Crippen LogP contribution >= 0.6 is 0 Å². The van der Waals surface area contributed by atoms with Gasteiger partial charge in [-0.05, 0) is 42.5 Å². The van der Waals surface area contributed by atoms with E-state index >= 15 is 0 Å². The number of nitrogens with two attached hydrogens (primary N) is 1. The number of nitrogen functional groups attached to an aromatic ring is 1. The lowest BCUT2D eigenvalue weighted by molar-refractivity contribution is 0.0946. The molecule has 5 nitrogen and oxygen atoms in total. The Labute approximate surface area is 117 Å². The van der Waals surface area contributed by atoms with E-state index in [4.69, 9.17) is 10.5 Å². The minimum Gasteiger partial charge on any atom is -0.508 e. The van der Waals surface area contributed by atoms with Crippen molar-refractivity contribution in [2.75, 3.05) is 18.9 Å². The van der Waals surface area contributed by atoms with Crippen molar-refractivity contribution in [3.63, 3.8) is 0 Å². The van der Waals surface area contributed by atoms with Gasteiger partial charge in [-0.2, -0.15) is 0 Å². The van der Waals surface area contributed by atoms with E-state index in [2.05, 4.69) is 5.32 Å². The Hall–Kier alpha value is -2.69. The highest BCUT2D eigenvalue weighted by molar-refractivity contribution is 5.94. The molecule has 0 saturated heterocycles. The van der Waals surface area contributed by atoms with Crippen LogP contribution in [-0.4, -0.2) is 24.2 Å². The van der Waals surface area contributed by atoms with Gasteiger partial charge in [0.05, 0.1) is 6.54 Å². The molecular formula is C15H16N2O3. The number of hydrogen-bond acceptors (Lipinski definition) is 4. The SMILES string of the molecule is Nc1ccc(OCCNC(=O)c2cccc(O)c2)cc1. The van der Waals surface area contributed by atoms with E-state index in [1.165, 1.54) is 12.1 Å². The van der Waals surface area contributed by atoms with Gasteiger partial charge in [0.1, 0.15) is 18.1 Å². The zero-order valence-electron chi connectivity index (χ0n) is 10.9. The zero-order chi connectivity index (χ0) is 14.4. The standard InChI is InChI=1S/C15H16N2O3/c16-12-4-6-14(7-5-12)20-9-8-17-15(19)11-2-1-3-13(18)10-11/h1-7,10,18H,8-9,16H2,(H,17,19). The van der Waals surface area contributed by atoms with Gasteiger partial charge in [0, 0.05) is 11.3 Å². The summed E-state index contributed by atoms with van der Waals surface area (Å²) in [5.41, 5.74) is 6.65. The molecule has 20 heavy (non-hydrogen) atoms. The summed E-state index contributed by atoms with van der Waals surface area (Å²) in [7, 11) is 0. The van der Waals surface area contributed by atoms with Gasteiger partial charge < -0.3 is 20.9 Å². The van der Waals surface area contributed by atoms with Crippen molar-refractivity contribution in [1.29, 1.82) is 0 Å². The number of phenols is 1. The van der Waals surface area contributed by atoms with Crippen molar-refractivity contribution < 1.29 is 14.6 Å². The van der Waals surface area contributed by atoms with Crippen molar-refractivity contribution in [1.82, 2.24) is 5.32 Å². The van der Waals surface area contributed by atoms with Crippen LogP contribution in [0.2, 0.25) is 0 Å². The number of carbonyl (C=O) groups excluding carboxylic acids is 1.